The van der Waals surface area contributed by atoms with Gasteiger partial charge in [-0.25, -0.2) is 4.79 Å². The molecule has 3 aromatic rings. The minimum absolute atomic E-state index is 0.301. The second kappa shape index (κ2) is 10.3. The largest absolute Gasteiger partial charge is 0.495 e. The number of aryl methyl sites for hydroxylation is 1. The van der Waals surface area contributed by atoms with E-state index in [9.17, 15) is 9.59 Å². The van der Waals surface area contributed by atoms with Crippen LogP contribution in [-0.4, -0.2) is 25.6 Å². The summed E-state index contributed by atoms with van der Waals surface area (Å²) in [5.41, 5.74) is 2.66. The molecule has 6 nitrogen and oxygen atoms in total. The molecule has 1 amide bonds. The minimum atomic E-state index is -0.903. The highest BCUT2D eigenvalue weighted by Gasteiger charge is 2.24. The number of hydrogen-bond donors (Lipinski definition) is 1. The maximum atomic E-state index is 13.2. The average Bonchev–Trinajstić information content (AvgIpc) is 2.78. The molecule has 0 radical (unpaired) electrons. The Bertz CT molecular complexity index is 1030. The molecule has 0 saturated carbocycles. The quantitative estimate of drug-likeness (QED) is 0.524. The molecule has 0 bridgehead atoms. The maximum Gasteiger partial charge on any atom is 0.338 e. The third-order valence-corrected chi connectivity index (χ3v) is 4.57. The normalized spacial score (nSPS) is 11.3. The first-order chi connectivity index (χ1) is 15.0. The fraction of sp³-hybridized carbons (Fsp3) is 0.200. The van der Waals surface area contributed by atoms with Gasteiger partial charge in [0.25, 0.3) is 5.91 Å². The molecule has 6 heteroatoms. The van der Waals surface area contributed by atoms with Gasteiger partial charge in [0.15, 0.2) is 0 Å². The third kappa shape index (κ3) is 5.63. The number of esters is 1. The number of carbonyl (C=O) groups excluding carboxylic acids is 2. The highest BCUT2D eigenvalue weighted by Crippen LogP contribution is 2.29. The fourth-order valence-electron chi connectivity index (χ4n) is 3.04. The standard InChI is InChI=1S/C25H25NO5/c1-4-30-25(28)19-11-13-20(14-12-19)31-23(18-8-6-5-7-9-18)24(27)26-21-16-17(2)10-15-22(21)29-3/h5-16,23H,4H2,1-3H3,(H,26,27)/t23-/m0/s1. The number of anilines is 1. The molecule has 0 saturated heterocycles. The summed E-state index contributed by atoms with van der Waals surface area (Å²) in [6.07, 6.45) is -0.903. The van der Waals surface area contributed by atoms with E-state index in [4.69, 9.17) is 14.2 Å². The van der Waals surface area contributed by atoms with E-state index in [0.717, 1.165) is 5.56 Å². The molecule has 31 heavy (non-hydrogen) atoms. The molecule has 0 aliphatic carbocycles. The van der Waals surface area contributed by atoms with Crippen molar-refractivity contribution >= 4 is 17.6 Å². The van der Waals surface area contributed by atoms with Crippen LogP contribution in [0.1, 0.15) is 34.5 Å². The molecule has 1 N–H and O–H groups in total. The van der Waals surface area contributed by atoms with E-state index in [0.29, 0.717) is 34.9 Å². The van der Waals surface area contributed by atoms with Crippen LogP contribution in [0.4, 0.5) is 5.69 Å². The topological polar surface area (TPSA) is 73.9 Å². The van der Waals surface area contributed by atoms with Gasteiger partial charge in [0.2, 0.25) is 6.10 Å². The molecule has 3 rings (SSSR count). The van der Waals surface area contributed by atoms with Crippen molar-refractivity contribution in [1.82, 2.24) is 0 Å². The number of carbonyl (C=O) groups is 2. The number of nitrogens with one attached hydrogen (secondary N) is 1. The Morgan fingerprint density at radius 2 is 1.68 bits per heavy atom. The van der Waals surface area contributed by atoms with Crippen molar-refractivity contribution in [3.63, 3.8) is 0 Å². The fourth-order valence-corrected chi connectivity index (χ4v) is 3.04. The molecule has 0 aromatic heterocycles. The zero-order chi connectivity index (χ0) is 22.2. The summed E-state index contributed by atoms with van der Waals surface area (Å²) in [6.45, 7) is 3.99. The van der Waals surface area contributed by atoms with Gasteiger partial charge in [-0.05, 0) is 55.8 Å². The number of amides is 1. The van der Waals surface area contributed by atoms with Crippen LogP contribution >= 0.6 is 0 Å². The van der Waals surface area contributed by atoms with Gasteiger partial charge in [-0.15, -0.1) is 0 Å². The summed E-state index contributed by atoms with van der Waals surface area (Å²) in [5, 5.41) is 2.90. The summed E-state index contributed by atoms with van der Waals surface area (Å²) < 4.78 is 16.4. The van der Waals surface area contributed by atoms with Crippen molar-refractivity contribution in [2.75, 3.05) is 19.0 Å². The van der Waals surface area contributed by atoms with Crippen LogP contribution in [0.3, 0.4) is 0 Å². The van der Waals surface area contributed by atoms with Crippen molar-refractivity contribution in [3.8, 4) is 11.5 Å². The van der Waals surface area contributed by atoms with Crippen LogP contribution in [0.15, 0.2) is 72.8 Å². The summed E-state index contributed by atoms with van der Waals surface area (Å²) >= 11 is 0. The Hall–Kier alpha value is -3.80. The first-order valence-corrected chi connectivity index (χ1v) is 9.96. The van der Waals surface area contributed by atoms with Gasteiger partial charge in [0.1, 0.15) is 11.5 Å². The van der Waals surface area contributed by atoms with Gasteiger partial charge in [0, 0.05) is 5.56 Å². The van der Waals surface area contributed by atoms with Crippen LogP contribution in [-0.2, 0) is 9.53 Å². The summed E-state index contributed by atoms with van der Waals surface area (Å²) in [6, 6.07) is 21.3. The van der Waals surface area contributed by atoms with Crippen molar-refractivity contribution in [3.05, 3.63) is 89.5 Å². The Morgan fingerprint density at radius 1 is 0.968 bits per heavy atom. The Balaban J connectivity index is 1.85. The van der Waals surface area contributed by atoms with Gasteiger partial charge in [-0.3, -0.25) is 4.79 Å². The van der Waals surface area contributed by atoms with Crippen LogP contribution in [0, 0.1) is 6.92 Å². The lowest BCUT2D eigenvalue weighted by Gasteiger charge is -2.20. The van der Waals surface area contributed by atoms with Gasteiger partial charge in [-0.2, -0.15) is 0 Å². The number of ether oxygens (including phenoxy) is 3. The van der Waals surface area contributed by atoms with Crippen LogP contribution in [0.5, 0.6) is 11.5 Å². The Morgan fingerprint density at radius 3 is 2.32 bits per heavy atom. The smallest absolute Gasteiger partial charge is 0.338 e. The second-order valence-electron chi connectivity index (χ2n) is 6.85. The monoisotopic (exact) mass is 419 g/mol. The van der Waals surface area contributed by atoms with E-state index in [-0.39, 0.29) is 5.91 Å². The minimum Gasteiger partial charge on any atom is -0.495 e. The van der Waals surface area contributed by atoms with Crippen LogP contribution < -0.4 is 14.8 Å². The molecule has 160 valence electrons. The summed E-state index contributed by atoms with van der Waals surface area (Å²) in [7, 11) is 1.55. The lowest BCUT2D eigenvalue weighted by molar-refractivity contribution is -0.123. The molecule has 0 unspecified atom stereocenters. The molecule has 0 heterocycles. The third-order valence-electron chi connectivity index (χ3n) is 4.57. The van der Waals surface area contributed by atoms with Crippen molar-refractivity contribution in [2.24, 2.45) is 0 Å². The number of benzene rings is 3. The van der Waals surface area contributed by atoms with Crippen molar-refractivity contribution < 1.29 is 23.8 Å². The predicted molar refractivity (Wildman–Crippen MR) is 119 cm³/mol. The Kier molecular flexibility index (Phi) is 7.27. The number of methoxy groups -OCH3 is 1. The second-order valence-corrected chi connectivity index (χ2v) is 6.85. The Labute approximate surface area is 181 Å². The first-order valence-electron chi connectivity index (χ1n) is 9.96. The van der Waals surface area contributed by atoms with E-state index in [2.05, 4.69) is 5.32 Å². The van der Waals surface area contributed by atoms with Gasteiger partial charge < -0.3 is 19.5 Å². The number of rotatable bonds is 8. The molecule has 3 aromatic carbocycles. The van der Waals surface area contributed by atoms with Crippen LogP contribution in [0.25, 0.3) is 0 Å². The zero-order valence-corrected chi connectivity index (χ0v) is 17.8. The van der Waals surface area contributed by atoms with Crippen LogP contribution in [0.2, 0.25) is 0 Å². The van der Waals surface area contributed by atoms with E-state index >= 15 is 0 Å². The molecular formula is C25H25NO5. The lowest BCUT2D eigenvalue weighted by atomic mass is 10.1. The van der Waals surface area contributed by atoms with Crippen molar-refractivity contribution in [2.45, 2.75) is 20.0 Å². The first kappa shape index (κ1) is 21.9. The van der Waals surface area contributed by atoms with E-state index in [1.54, 1.807) is 44.4 Å². The highest BCUT2D eigenvalue weighted by molar-refractivity contribution is 5.96. The molecule has 0 spiro atoms. The van der Waals surface area contributed by atoms with E-state index in [1.807, 2.05) is 49.4 Å². The molecular weight excluding hydrogens is 394 g/mol. The van der Waals surface area contributed by atoms with Crippen molar-refractivity contribution in [1.29, 1.82) is 0 Å². The molecule has 0 fully saturated rings. The zero-order valence-electron chi connectivity index (χ0n) is 17.8. The maximum absolute atomic E-state index is 13.2. The van der Waals surface area contributed by atoms with Gasteiger partial charge in [-0.1, -0.05) is 36.4 Å². The predicted octanol–water partition coefficient (Wildman–Crippen LogP) is 4.94. The average molecular weight is 419 g/mol. The van der Waals surface area contributed by atoms with E-state index < -0.39 is 12.1 Å². The van der Waals surface area contributed by atoms with Gasteiger partial charge in [0.05, 0.1) is 25.0 Å². The van der Waals surface area contributed by atoms with E-state index in [1.165, 1.54) is 0 Å². The highest BCUT2D eigenvalue weighted by atomic mass is 16.5. The molecule has 0 aliphatic heterocycles. The number of hydrogen-bond acceptors (Lipinski definition) is 5. The van der Waals surface area contributed by atoms with Gasteiger partial charge >= 0.3 is 5.97 Å². The SMILES string of the molecule is CCOC(=O)c1ccc(O[C@H](C(=O)Nc2cc(C)ccc2OC)c2ccccc2)cc1. The summed E-state index contributed by atoms with van der Waals surface area (Å²) in [4.78, 5) is 25.1. The lowest BCUT2D eigenvalue weighted by Crippen LogP contribution is -2.26. The molecule has 0 aliphatic rings. The summed E-state index contributed by atoms with van der Waals surface area (Å²) in [5.74, 6) is 0.264. The molecule has 1 atom stereocenters.